The third-order valence-corrected chi connectivity index (χ3v) is 4.32. The molecule has 19 heavy (non-hydrogen) atoms. The molecular formula is C13H20ClNO3S. The van der Waals surface area contributed by atoms with Crippen LogP contribution in [0.3, 0.4) is 0 Å². The van der Waals surface area contributed by atoms with E-state index in [-0.39, 0.29) is 23.8 Å². The summed E-state index contributed by atoms with van der Waals surface area (Å²) in [5.74, 6) is 0.783. The highest BCUT2D eigenvalue weighted by molar-refractivity contribution is 7.89. The normalized spacial score (nSPS) is 13.5. The maximum absolute atomic E-state index is 11.6. The molecule has 0 aliphatic carbocycles. The predicted octanol–water partition coefficient (Wildman–Crippen LogP) is 2.69. The van der Waals surface area contributed by atoms with E-state index < -0.39 is 10.0 Å². The maximum atomic E-state index is 11.6. The van der Waals surface area contributed by atoms with Crippen molar-refractivity contribution in [3.8, 4) is 5.75 Å². The molecule has 1 aromatic rings. The lowest BCUT2D eigenvalue weighted by atomic mass is 10.1. The monoisotopic (exact) mass is 305 g/mol. The minimum Gasteiger partial charge on any atom is -0.491 e. The van der Waals surface area contributed by atoms with Crippen LogP contribution in [0, 0.1) is 0 Å². The van der Waals surface area contributed by atoms with Gasteiger partial charge in [-0.1, -0.05) is 12.1 Å². The minimum absolute atomic E-state index is 0.0760. The molecule has 4 nitrogen and oxygen atoms in total. The number of ether oxygens (including phenoxy) is 1. The van der Waals surface area contributed by atoms with Crippen LogP contribution in [0.2, 0.25) is 0 Å². The van der Waals surface area contributed by atoms with Crippen LogP contribution in [0.15, 0.2) is 24.3 Å². The van der Waals surface area contributed by atoms with Gasteiger partial charge in [-0.25, -0.2) is 13.1 Å². The molecule has 108 valence electrons. The molecule has 0 saturated heterocycles. The van der Waals surface area contributed by atoms with Gasteiger partial charge < -0.3 is 4.74 Å². The molecule has 1 N–H and O–H groups in total. The Morgan fingerprint density at radius 3 is 2.26 bits per heavy atom. The predicted molar refractivity (Wildman–Crippen MR) is 78.3 cm³/mol. The number of hydrogen-bond acceptors (Lipinski definition) is 3. The van der Waals surface area contributed by atoms with Gasteiger partial charge in [0.05, 0.1) is 11.9 Å². The summed E-state index contributed by atoms with van der Waals surface area (Å²) in [7, 11) is -3.32. The first-order chi connectivity index (χ1) is 8.84. The highest BCUT2D eigenvalue weighted by Crippen LogP contribution is 2.19. The Morgan fingerprint density at radius 1 is 1.21 bits per heavy atom. The van der Waals surface area contributed by atoms with Crippen molar-refractivity contribution in [2.75, 3.05) is 11.6 Å². The Kier molecular flexibility index (Phi) is 6.10. The Bertz CT molecular complexity index is 485. The van der Waals surface area contributed by atoms with Gasteiger partial charge in [-0.05, 0) is 38.5 Å². The number of halogens is 1. The second kappa shape index (κ2) is 7.12. The van der Waals surface area contributed by atoms with Crippen molar-refractivity contribution < 1.29 is 13.2 Å². The van der Waals surface area contributed by atoms with Crippen molar-refractivity contribution in [1.29, 1.82) is 0 Å². The van der Waals surface area contributed by atoms with Gasteiger partial charge in [0.15, 0.2) is 0 Å². The van der Waals surface area contributed by atoms with E-state index in [0.29, 0.717) is 0 Å². The van der Waals surface area contributed by atoms with Crippen molar-refractivity contribution in [1.82, 2.24) is 4.72 Å². The molecule has 0 bridgehead atoms. The molecule has 1 rings (SSSR count). The van der Waals surface area contributed by atoms with E-state index in [9.17, 15) is 8.42 Å². The second-order valence-corrected chi connectivity index (χ2v) is 6.83. The van der Waals surface area contributed by atoms with E-state index in [1.807, 2.05) is 38.1 Å². The summed E-state index contributed by atoms with van der Waals surface area (Å²) in [6.45, 7) is 5.71. The minimum atomic E-state index is -3.32. The van der Waals surface area contributed by atoms with Crippen molar-refractivity contribution in [3.63, 3.8) is 0 Å². The zero-order chi connectivity index (χ0) is 14.5. The number of sulfonamides is 1. The van der Waals surface area contributed by atoms with Gasteiger partial charge in [-0.3, -0.25) is 0 Å². The van der Waals surface area contributed by atoms with Crippen LogP contribution in [-0.4, -0.2) is 26.2 Å². The SMILES string of the molecule is CC(C)Oc1ccc(C(C)NS(=O)(=O)CCCl)cc1. The average Bonchev–Trinajstić information content (AvgIpc) is 2.28. The van der Waals surface area contributed by atoms with Gasteiger partial charge in [0.25, 0.3) is 0 Å². The molecular weight excluding hydrogens is 286 g/mol. The third-order valence-electron chi connectivity index (χ3n) is 2.45. The van der Waals surface area contributed by atoms with Gasteiger partial charge in [-0.2, -0.15) is 0 Å². The smallest absolute Gasteiger partial charge is 0.213 e. The molecule has 0 aliphatic heterocycles. The van der Waals surface area contributed by atoms with E-state index in [1.54, 1.807) is 6.92 Å². The molecule has 0 amide bonds. The lowest BCUT2D eigenvalue weighted by molar-refractivity contribution is 0.242. The Morgan fingerprint density at radius 2 is 1.79 bits per heavy atom. The van der Waals surface area contributed by atoms with Crippen molar-refractivity contribution in [3.05, 3.63) is 29.8 Å². The summed E-state index contributed by atoms with van der Waals surface area (Å²) in [5, 5.41) is 0. The van der Waals surface area contributed by atoms with Gasteiger partial charge in [0.1, 0.15) is 5.75 Å². The summed E-state index contributed by atoms with van der Waals surface area (Å²) in [4.78, 5) is 0. The van der Waals surface area contributed by atoms with Crippen LogP contribution in [0.5, 0.6) is 5.75 Å². The van der Waals surface area contributed by atoms with Gasteiger partial charge >= 0.3 is 0 Å². The van der Waals surface area contributed by atoms with E-state index in [4.69, 9.17) is 16.3 Å². The summed E-state index contributed by atoms with van der Waals surface area (Å²) in [6.07, 6.45) is 0.116. The molecule has 1 aromatic carbocycles. The van der Waals surface area contributed by atoms with Gasteiger partial charge in [0, 0.05) is 11.9 Å². The maximum Gasteiger partial charge on any atom is 0.213 e. The van der Waals surface area contributed by atoms with Crippen molar-refractivity contribution in [2.24, 2.45) is 0 Å². The Hall–Kier alpha value is -0.780. The number of benzene rings is 1. The zero-order valence-corrected chi connectivity index (χ0v) is 13.0. The van der Waals surface area contributed by atoms with E-state index in [2.05, 4.69) is 4.72 Å². The first kappa shape index (κ1) is 16.3. The molecule has 1 atom stereocenters. The molecule has 0 aliphatic rings. The second-order valence-electron chi connectivity index (χ2n) is 4.58. The summed E-state index contributed by atoms with van der Waals surface area (Å²) >= 11 is 5.45. The number of rotatable bonds is 7. The zero-order valence-electron chi connectivity index (χ0n) is 11.4. The van der Waals surface area contributed by atoms with E-state index >= 15 is 0 Å². The van der Waals surface area contributed by atoms with Crippen LogP contribution in [-0.2, 0) is 10.0 Å². The van der Waals surface area contributed by atoms with Crippen molar-refractivity contribution >= 4 is 21.6 Å². The van der Waals surface area contributed by atoms with E-state index in [1.165, 1.54) is 0 Å². The van der Waals surface area contributed by atoms with Crippen LogP contribution in [0.1, 0.15) is 32.4 Å². The summed E-state index contributed by atoms with van der Waals surface area (Å²) in [5.41, 5.74) is 0.884. The fourth-order valence-corrected chi connectivity index (χ4v) is 3.21. The number of alkyl halides is 1. The lowest BCUT2D eigenvalue weighted by Gasteiger charge is -2.15. The molecule has 6 heteroatoms. The largest absolute Gasteiger partial charge is 0.491 e. The highest BCUT2D eigenvalue weighted by Gasteiger charge is 2.15. The fraction of sp³-hybridized carbons (Fsp3) is 0.538. The molecule has 0 fully saturated rings. The lowest BCUT2D eigenvalue weighted by Crippen LogP contribution is -2.29. The van der Waals surface area contributed by atoms with Crippen LogP contribution in [0.4, 0.5) is 0 Å². The van der Waals surface area contributed by atoms with Crippen LogP contribution < -0.4 is 9.46 Å². The molecule has 0 spiro atoms. The fourth-order valence-electron chi connectivity index (χ4n) is 1.61. The Labute approximate surface area is 120 Å². The molecule has 0 heterocycles. The first-order valence-electron chi connectivity index (χ1n) is 6.16. The number of nitrogens with one attached hydrogen (secondary N) is 1. The van der Waals surface area contributed by atoms with Crippen LogP contribution in [0.25, 0.3) is 0 Å². The highest BCUT2D eigenvalue weighted by atomic mass is 35.5. The quantitative estimate of drug-likeness (QED) is 0.788. The van der Waals surface area contributed by atoms with Gasteiger partial charge in [-0.15, -0.1) is 11.6 Å². The first-order valence-corrected chi connectivity index (χ1v) is 8.35. The van der Waals surface area contributed by atoms with Crippen LogP contribution >= 0.6 is 11.6 Å². The van der Waals surface area contributed by atoms with E-state index in [0.717, 1.165) is 11.3 Å². The Balaban J connectivity index is 2.70. The third kappa shape index (κ3) is 5.80. The molecule has 0 radical (unpaired) electrons. The number of hydrogen-bond donors (Lipinski definition) is 1. The van der Waals surface area contributed by atoms with Gasteiger partial charge in [0.2, 0.25) is 10.0 Å². The molecule has 1 unspecified atom stereocenters. The summed E-state index contributed by atoms with van der Waals surface area (Å²) < 4.78 is 31.3. The topological polar surface area (TPSA) is 55.4 Å². The standard InChI is InChI=1S/C13H20ClNO3S/c1-10(2)18-13-6-4-12(5-7-13)11(3)15-19(16,17)9-8-14/h4-7,10-11,15H,8-9H2,1-3H3. The molecule has 0 saturated carbocycles. The average molecular weight is 306 g/mol. The molecule has 0 aromatic heterocycles. The van der Waals surface area contributed by atoms with Crippen molar-refractivity contribution in [2.45, 2.75) is 32.9 Å². The summed E-state index contributed by atoms with van der Waals surface area (Å²) in [6, 6.07) is 7.09.